The van der Waals surface area contributed by atoms with Crippen LogP contribution in [0.4, 0.5) is 0 Å². The summed E-state index contributed by atoms with van der Waals surface area (Å²) in [4.78, 5) is 71.9. The maximum Gasteiger partial charge on any atom is 0.235 e. The second kappa shape index (κ2) is 8.64. The van der Waals surface area contributed by atoms with Crippen LogP contribution in [0, 0.1) is 23.7 Å². The maximum atomic E-state index is 13.8. The highest BCUT2D eigenvalue weighted by Crippen LogP contribution is 2.51. The number of hydrogen-bond acceptors (Lipinski definition) is 9. The Hall–Kier alpha value is -3.28. The number of phenolic OH excluding ortho intramolecular Hbond substituents is 1. The van der Waals surface area contributed by atoms with Gasteiger partial charge in [0.2, 0.25) is 5.91 Å². The molecule has 1 heterocycles. The number of hydrogen-bond donors (Lipinski definition) is 3. The molecule has 6 atom stereocenters. The zero-order chi connectivity index (χ0) is 27.0. The van der Waals surface area contributed by atoms with E-state index in [-0.39, 0.29) is 24.2 Å². The molecule has 2 unspecified atom stereocenters. The second-order valence-corrected chi connectivity index (χ2v) is 11.1. The van der Waals surface area contributed by atoms with E-state index in [0.717, 1.165) is 4.47 Å². The Bertz CT molecular complexity index is 1410. The van der Waals surface area contributed by atoms with E-state index in [1.807, 2.05) is 0 Å². The van der Waals surface area contributed by atoms with Crippen molar-refractivity contribution < 1.29 is 34.2 Å². The number of amides is 1. The van der Waals surface area contributed by atoms with Crippen LogP contribution in [-0.2, 0) is 25.6 Å². The normalized spacial score (nSPS) is 31.1. The highest BCUT2D eigenvalue weighted by molar-refractivity contribution is 9.10. The summed E-state index contributed by atoms with van der Waals surface area (Å²) in [5.74, 6) is -10.7. The number of halogens is 1. The minimum absolute atomic E-state index is 0.00902. The largest absolute Gasteiger partial charge is 0.507 e. The third-order valence-corrected chi connectivity index (χ3v) is 8.44. The lowest BCUT2D eigenvalue weighted by atomic mass is 9.52. The van der Waals surface area contributed by atoms with Crippen molar-refractivity contribution in [2.45, 2.75) is 24.5 Å². The third kappa shape index (κ3) is 3.52. The molecule has 10 nitrogen and oxygen atoms in total. The lowest BCUT2D eigenvalue weighted by Crippen LogP contribution is -2.74. The molecule has 0 bridgehead atoms. The minimum atomic E-state index is -2.74. The van der Waals surface area contributed by atoms with Gasteiger partial charge in [-0.1, -0.05) is 15.9 Å². The van der Waals surface area contributed by atoms with Gasteiger partial charge in [-0.05, 0) is 62.7 Å². The van der Waals surface area contributed by atoms with Crippen LogP contribution in [0.15, 0.2) is 34.9 Å². The zero-order valence-corrected chi connectivity index (χ0v) is 21.6. The fraction of sp³-hybridized carbons (Fsp3) is 0.385. The van der Waals surface area contributed by atoms with Gasteiger partial charge in [0, 0.05) is 22.2 Å². The molecular formula is C26H24BrN3O7. The van der Waals surface area contributed by atoms with E-state index < -0.39 is 64.4 Å². The van der Waals surface area contributed by atoms with Crippen molar-refractivity contribution in [3.05, 3.63) is 46.1 Å². The van der Waals surface area contributed by atoms with Gasteiger partial charge in [-0.15, -0.1) is 0 Å². The molecule has 0 spiro atoms. The predicted molar refractivity (Wildman–Crippen MR) is 132 cm³/mol. The van der Waals surface area contributed by atoms with Gasteiger partial charge in [0.15, 0.2) is 34.7 Å². The highest BCUT2D eigenvalue weighted by Gasteiger charge is 2.69. The number of rotatable bonds is 3. The molecule has 3 aliphatic rings. The summed E-state index contributed by atoms with van der Waals surface area (Å²) in [6, 6.07) is 5.35. The van der Waals surface area contributed by atoms with Crippen LogP contribution in [0.1, 0.15) is 22.3 Å². The Morgan fingerprint density at radius 2 is 1.86 bits per heavy atom. The SMILES string of the molecule is CN(C)[C@@H]1C(=O)C(C(N)=O)C(=O)[C@@]2(O)C(=O)C3C(=O)c4c(O)ccc(-c5cc(Br)ccn5)c4C[C@H]3C[C@@H]12. The lowest BCUT2D eigenvalue weighted by molar-refractivity contribution is -0.181. The van der Waals surface area contributed by atoms with Crippen molar-refractivity contribution >= 4 is 45.0 Å². The number of aromatic nitrogens is 1. The molecule has 3 aliphatic carbocycles. The van der Waals surface area contributed by atoms with Crippen molar-refractivity contribution in [2.75, 3.05) is 14.1 Å². The highest BCUT2D eigenvalue weighted by atomic mass is 79.9. The topological polar surface area (TPSA) is 168 Å². The predicted octanol–water partition coefficient (Wildman–Crippen LogP) is 0.692. The number of carbonyl (C=O) groups is 5. The second-order valence-electron chi connectivity index (χ2n) is 10.1. The Morgan fingerprint density at radius 3 is 2.49 bits per heavy atom. The number of nitrogens with two attached hydrogens (primary N) is 1. The molecule has 2 saturated carbocycles. The first kappa shape index (κ1) is 25.4. The number of carbonyl (C=O) groups excluding carboxylic acids is 5. The first-order valence-electron chi connectivity index (χ1n) is 11.7. The summed E-state index contributed by atoms with van der Waals surface area (Å²) in [6.07, 6.45) is 1.75. The number of ketones is 4. The number of benzene rings is 1. The third-order valence-electron chi connectivity index (χ3n) is 7.94. The van der Waals surface area contributed by atoms with E-state index in [9.17, 15) is 34.2 Å². The number of pyridine rings is 1. The standard InChI is InChI=1S/C26H24BrN3O7/c1-30(2)20-14-8-10-7-13-12(15-9-11(27)5-6-29-15)3-4-16(31)18(13)21(32)17(10)23(34)26(14,37)24(35)19(22(20)33)25(28)36/h3-6,9-10,14,17,19-20,31,37H,7-8H2,1-2H3,(H2,28,36)/t10-,14-,17?,19?,20-,26-/m0/s1. The average molecular weight is 570 g/mol. The molecule has 1 aromatic heterocycles. The Balaban J connectivity index is 1.67. The van der Waals surface area contributed by atoms with Crippen LogP contribution in [-0.4, -0.2) is 74.9 Å². The van der Waals surface area contributed by atoms with E-state index in [0.29, 0.717) is 16.8 Å². The van der Waals surface area contributed by atoms with Crippen LogP contribution in [0.5, 0.6) is 5.75 Å². The molecule has 1 amide bonds. The van der Waals surface area contributed by atoms with E-state index in [1.165, 1.54) is 11.0 Å². The minimum Gasteiger partial charge on any atom is -0.507 e. The molecule has 2 fully saturated rings. The van der Waals surface area contributed by atoms with E-state index in [4.69, 9.17) is 5.73 Å². The van der Waals surface area contributed by atoms with Crippen molar-refractivity contribution in [3.8, 4) is 17.0 Å². The molecular weight excluding hydrogens is 546 g/mol. The number of Topliss-reactive ketones (excluding diaryl/α,β-unsaturated/α-hetero) is 4. The Labute approximate surface area is 220 Å². The number of aromatic hydroxyl groups is 1. The number of aliphatic hydroxyl groups is 1. The summed E-state index contributed by atoms with van der Waals surface area (Å²) < 4.78 is 0.759. The average Bonchev–Trinajstić information content (AvgIpc) is 2.81. The molecule has 0 saturated heterocycles. The molecule has 0 radical (unpaired) electrons. The van der Waals surface area contributed by atoms with Crippen LogP contribution in [0.2, 0.25) is 0 Å². The van der Waals surface area contributed by atoms with Gasteiger partial charge in [-0.3, -0.25) is 33.9 Å². The van der Waals surface area contributed by atoms with Gasteiger partial charge in [0.05, 0.1) is 23.2 Å². The first-order valence-corrected chi connectivity index (χ1v) is 12.5. The first-order chi connectivity index (χ1) is 17.4. The number of phenols is 1. The molecule has 1 aromatic carbocycles. The molecule has 192 valence electrons. The summed E-state index contributed by atoms with van der Waals surface area (Å²) in [6.45, 7) is 0. The molecule has 4 N–H and O–H groups in total. The van der Waals surface area contributed by atoms with E-state index in [1.54, 1.807) is 38.5 Å². The van der Waals surface area contributed by atoms with Crippen LogP contribution >= 0.6 is 15.9 Å². The summed E-state index contributed by atoms with van der Waals surface area (Å²) in [7, 11) is 3.09. The van der Waals surface area contributed by atoms with Gasteiger partial charge >= 0.3 is 0 Å². The molecule has 2 aromatic rings. The quantitative estimate of drug-likeness (QED) is 0.450. The summed E-state index contributed by atoms with van der Waals surface area (Å²) in [5, 5.41) is 22.2. The van der Waals surface area contributed by atoms with Gasteiger partial charge in [0.1, 0.15) is 5.75 Å². The number of primary amides is 1. The van der Waals surface area contributed by atoms with E-state index >= 15 is 0 Å². The fourth-order valence-electron chi connectivity index (χ4n) is 6.40. The van der Waals surface area contributed by atoms with Gasteiger partial charge in [-0.25, -0.2) is 0 Å². The molecule has 5 rings (SSSR count). The molecule has 37 heavy (non-hydrogen) atoms. The maximum absolute atomic E-state index is 13.8. The van der Waals surface area contributed by atoms with Crippen molar-refractivity contribution in [3.63, 3.8) is 0 Å². The monoisotopic (exact) mass is 569 g/mol. The Kier molecular flexibility index (Phi) is 5.93. The number of fused-ring (bicyclic) bond motifs is 3. The van der Waals surface area contributed by atoms with Gasteiger partial charge in [-0.2, -0.15) is 0 Å². The van der Waals surface area contributed by atoms with Crippen molar-refractivity contribution in [2.24, 2.45) is 29.4 Å². The number of likely N-dealkylation sites (N-methyl/N-ethyl adjacent to an activating group) is 1. The van der Waals surface area contributed by atoms with Crippen molar-refractivity contribution in [1.82, 2.24) is 9.88 Å². The van der Waals surface area contributed by atoms with Crippen LogP contribution in [0.3, 0.4) is 0 Å². The lowest BCUT2D eigenvalue weighted by Gasteiger charge is -2.52. The van der Waals surface area contributed by atoms with Crippen molar-refractivity contribution in [1.29, 1.82) is 0 Å². The van der Waals surface area contributed by atoms with Crippen LogP contribution < -0.4 is 5.73 Å². The fourth-order valence-corrected chi connectivity index (χ4v) is 6.73. The van der Waals surface area contributed by atoms with Crippen LogP contribution in [0.25, 0.3) is 11.3 Å². The van der Waals surface area contributed by atoms with E-state index in [2.05, 4.69) is 20.9 Å². The molecule has 0 aliphatic heterocycles. The molecule has 11 heteroatoms. The Morgan fingerprint density at radius 1 is 1.16 bits per heavy atom. The summed E-state index contributed by atoms with van der Waals surface area (Å²) >= 11 is 3.41. The smallest absolute Gasteiger partial charge is 0.235 e. The number of nitrogens with zero attached hydrogens (tertiary/aromatic N) is 2. The summed E-state index contributed by atoms with van der Waals surface area (Å²) in [5.41, 5.74) is 4.18. The zero-order valence-electron chi connectivity index (χ0n) is 20.0. The van der Waals surface area contributed by atoms with Gasteiger partial charge in [0.25, 0.3) is 0 Å². The van der Waals surface area contributed by atoms with Gasteiger partial charge < -0.3 is 15.9 Å².